The lowest BCUT2D eigenvalue weighted by molar-refractivity contribution is 0.623. The molecular weight excluding hydrogens is 158 g/mol. The number of hydrogen-bond donors (Lipinski definition) is 0. The van der Waals surface area contributed by atoms with Crippen LogP contribution in [-0.4, -0.2) is 5.71 Å². The Balaban J connectivity index is 4.26. The number of hydrogen-bond acceptors (Lipinski definition) is 1. The average molecular weight is 179 g/mol. The van der Waals surface area contributed by atoms with Crippen LogP contribution in [-0.2, 0) is 0 Å². The maximum Gasteiger partial charge on any atom is 0.0235 e. The van der Waals surface area contributed by atoms with E-state index in [4.69, 9.17) is 0 Å². The van der Waals surface area contributed by atoms with E-state index >= 15 is 0 Å². The Morgan fingerprint density at radius 1 is 1.31 bits per heavy atom. The lowest BCUT2D eigenvalue weighted by Crippen LogP contribution is -2.01. The zero-order valence-electron chi connectivity index (χ0n) is 9.46. The average Bonchev–Trinajstić information content (AvgIpc) is 2.03. The van der Waals surface area contributed by atoms with Gasteiger partial charge in [-0.2, -0.15) is 0 Å². The Labute approximate surface area is 82.3 Å². The fourth-order valence-electron chi connectivity index (χ4n) is 0.933. The molecule has 0 atom stereocenters. The van der Waals surface area contributed by atoms with Gasteiger partial charge in [0.05, 0.1) is 0 Å². The van der Waals surface area contributed by atoms with Crippen molar-refractivity contribution in [1.29, 1.82) is 0 Å². The van der Waals surface area contributed by atoms with E-state index in [-0.39, 0.29) is 5.41 Å². The van der Waals surface area contributed by atoms with Crippen molar-refractivity contribution in [1.82, 2.24) is 0 Å². The SMILES string of the molecule is CC=CC(C)(C)C=CN=C(C)CC. The van der Waals surface area contributed by atoms with E-state index in [1.807, 2.05) is 20.0 Å². The van der Waals surface area contributed by atoms with Gasteiger partial charge in [0.25, 0.3) is 0 Å². The molecule has 1 heteroatoms. The molecule has 0 aliphatic heterocycles. The molecule has 1 nitrogen and oxygen atoms in total. The van der Waals surface area contributed by atoms with Gasteiger partial charge in [-0.05, 0) is 20.3 Å². The number of aliphatic imine (C=N–C) groups is 1. The molecular formula is C12H21N. The molecule has 0 heterocycles. The largest absolute Gasteiger partial charge is 0.266 e. The molecule has 0 amide bonds. The van der Waals surface area contributed by atoms with Gasteiger partial charge in [-0.3, -0.25) is 4.99 Å². The first-order valence-electron chi connectivity index (χ1n) is 4.86. The zero-order valence-corrected chi connectivity index (χ0v) is 9.46. The van der Waals surface area contributed by atoms with E-state index in [1.165, 1.54) is 5.71 Å². The van der Waals surface area contributed by atoms with Gasteiger partial charge in [0.2, 0.25) is 0 Å². The highest BCUT2D eigenvalue weighted by atomic mass is 14.7. The van der Waals surface area contributed by atoms with Crippen molar-refractivity contribution < 1.29 is 0 Å². The van der Waals surface area contributed by atoms with E-state index in [0.717, 1.165) is 6.42 Å². The van der Waals surface area contributed by atoms with Gasteiger partial charge < -0.3 is 0 Å². The Morgan fingerprint density at radius 3 is 2.38 bits per heavy atom. The van der Waals surface area contributed by atoms with Gasteiger partial charge in [-0.25, -0.2) is 0 Å². The van der Waals surface area contributed by atoms with Gasteiger partial charge >= 0.3 is 0 Å². The van der Waals surface area contributed by atoms with Crippen LogP contribution in [0, 0.1) is 5.41 Å². The van der Waals surface area contributed by atoms with Crippen LogP contribution >= 0.6 is 0 Å². The summed E-state index contributed by atoms with van der Waals surface area (Å²) in [5, 5.41) is 0. The first-order valence-corrected chi connectivity index (χ1v) is 4.86. The normalized spacial score (nSPS) is 14.7. The quantitative estimate of drug-likeness (QED) is 0.457. The molecule has 0 aliphatic carbocycles. The van der Waals surface area contributed by atoms with E-state index in [9.17, 15) is 0 Å². The fourth-order valence-corrected chi connectivity index (χ4v) is 0.933. The van der Waals surface area contributed by atoms with Crippen molar-refractivity contribution in [3.8, 4) is 0 Å². The first-order chi connectivity index (χ1) is 6.02. The minimum absolute atomic E-state index is 0.117. The smallest absolute Gasteiger partial charge is 0.0235 e. The molecule has 0 spiro atoms. The lowest BCUT2D eigenvalue weighted by atomic mass is 9.93. The molecule has 0 aromatic heterocycles. The Bertz CT molecular complexity index is 219. The second kappa shape index (κ2) is 5.74. The Kier molecular flexibility index (Phi) is 5.36. The maximum atomic E-state index is 4.31. The van der Waals surface area contributed by atoms with Crippen LogP contribution in [0.1, 0.15) is 41.0 Å². The van der Waals surface area contributed by atoms with Crippen molar-refractivity contribution in [2.24, 2.45) is 10.4 Å². The second-order valence-corrected chi connectivity index (χ2v) is 3.86. The van der Waals surface area contributed by atoms with E-state index in [0.29, 0.717) is 0 Å². The Hall–Kier alpha value is -0.850. The van der Waals surface area contributed by atoms with Crippen LogP contribution in [0.2, 0.25) is 0 Å². The highest BCUT2D eigenvalue weighted by molar-refractivity contribution is 5.82. The molecule has 0 fully saturated rings. The summed E-state index contributed by atoms with van der Waals surface area (Å²) in [5.41, 5.74) is 1.29. The molecule has 0 aromatic rings. The predicted octanol–water partition coefficient (Wildman–Crippen LogP) is 3.97. The summed E-state index contributed by atoms with van der Waals surface area (Å²) in [5.74, 6) is 0. The van der Waals surface area contributed by atoms with Crippen molar-refractivity contribution in [2.75, 3.05) is 0 Å². The molecule has 0 aromatic carbocycles. The fraction of sp³-hybridized carbons (Fsp3) is 0.583. The monoisotopic (exact) mass is 179 g/mol. The van der Waals surface area contributed by atoms with Crippen LogP contribution < -0.4 is 0 Å². The molecule has 74 valence electrons. The van der Waals surface area contributed by atoms with Crippen LogP contribution in [0.4, 0.5) is 0 Å². The maximum absolute atomic E-state index is 4.31. The summed E-state index contributed by atoms with van der Waals surface area (Å²) in [6.45, 7) is 10.5. The summed E-state index contributed by atoms with van der Waals surface area (Å²) in [6.07, 6.45) is 9.28. The number of rotatable bonds is 4. The highest BCUT2D eigenvalue weighted by Crippen LogP contribution is 2.18. The summed E-state index contributed by atoms with van der Waals surface area (Å²) < 4.78 is 0. The summed E-state index contributed by atoms with van der Waals surface area (Å²) in [7, 11) is 0. The van der Waals surface area contributed by atoms with Crippen molar-refractivity contribution >= 4 is 5.71 Å². The van der Waals surface area contributed by atoms with Gasteiger partial charge in [-0.15, -0.1) is 0 Å². The topological polar surface area (TPSA) is 12.4 Å². The van der Waals surface area contributed by atoms with Crippen LogP contribution in [0.15, 0.2) is 29.4 Å². The van der Waals surface area contributed by atoms with Crippen molar-refractivity contribution in [2.45, 2.75) is 41.0 Å². The summed E-state index contributed by atoms with van der Waals surface area (Å²) in [6, 6.07) is 0. The third kappa shape index (κ3) is 6.32. The first kappa shape index (κ1) is 12.2. The van der Waals surface area contributed by atoms with Gasteiger partial charge in [-0.1, -0.05) is 39.0 Å². The Morgan fingerprint density at radius 2 is 1.92 bits per heavy atom. The van der Waals surface area contributed by atoms with Crippen LogP contribution in [0.3, 0.4) is 0 Å². The van der Waals surface area contributed by atoms with Gasteiger partial charge in [0, 0.05) is 17.3 Å². The van der Waals surface area contributed by atoms with E-state index in [2.05, 4.69) is 44.0 Å². The molecule has 0 aliphatic rings. The lowest BCUT2D eigenvalue weighted by Gasteiger charge is -2.12. The molecule has 0 saturated carbocycles. The van der Waals surface area contributed by atoms with Crippen LogP contribution in [0.25, 0.3) is 0 Å². The number of allylic oxidation sites excluding steroid dienone is 3. The van der Waals surface area contributed by atoms with Crippen LogP contribution in [0.5, 0.6) is 0 Å². The molecule has 0 radical (unpaired) electrons. The van der Waals surface area contributed by atoms with E-state index in [1.54, 1.807) is 0 Å². The molecule has 0 bridgehead atoms. The highest BCUT2D eigenvalue weighted by Gasteiger charge is 2.06. The zero-order chi connectivity index (χ0) is 10.3. The molecule has 0 rings (SSSR count). The van der Waals surface area contributed by atoms with Gasteiger partial charge in [0.1, 0.15) is 0 Å². The van der Waals surface area contributed by atoms with Crippen molar-refractivity contribution in [3.63, 3.8) is 0 Å². The number of nitrogens with zero attached hydrogens (tertiary/aromatic N) is 1. The third-order valence-corrected chi connectivity index (χ3v) is 1.91. The predicted molar refractivity (Wildman–Crippen MR) is 61.1 cm³/mol. The summed E-state index contributed by atoms with van der Waals surface area (Å²) in [4.78, 5) is 4.31. The molecule has 0 saturated heterocycles. The van der Waals surface area contributed by atoms with Crippen molar-refractivity contribution in [3.05, 3.63) is 24.4 Å². The minimum Gasteiger partial charge on any atom is -0.266 e. The second-order valence-electron chi connectivity index (χ2n) is 3.86. The molecule has 0 N–H and O–H groups in total. The van der Waals surface area contributed by atoms with Gasteiger partial charge in [0.15, 0.2) is 0 Å². The molecule has 13 heavy (non-hydrogen) atoms. The molecule has 0 unspecified atom stereocenters. The minimum atomic E-state index is 0.117. The third-order valence-electron chi connectivity index (χ3n) is 1.91. The van der Waals surface area contributed by atoms with E-state index < -0.39 is 0 Å². The standard InChI is InChI=1S/C12H21N/c1-6-8-12(4,5)9-10-13-11(3)7-2/h6,8-10H,7H2,1-5H3. The summed E-state index contributed by atoms with van der Waals surface area (Å²) >= 11 is 0.